The minimum absolute atomic E-state index is 0.369. The molecule has 1 heterocycles. The lowest BCUT2D eigenvalue weighted by molar-refractivity contribution is 0.171. The monoisotopic (exact) mass is 315 g/mol. The van der Waals surface area contributed by atoms with E-state index in [1.807, 2.05) is 0 Å². The first-order valence-electron chi connectivity index (χ1n) is 8.24. The van der Waals surface area contributed by atoms with Gasteiger partial charge in [-0.05, 0) is 49.4 Å². The molecule has 1 aromatic carbocycles. The molecule has 1 fully saturated rings. The van der Waals surface area contributed by atoms with Crippen molar-refractivity contribution >= 4 is 17.0 Å². The number of hydrogen-bond acceptors (Lipinski definition) is 3. The van der Waals surface area contributed by atoms with Crippen LogP contribution >= 0.6 is 0 Å². The number of fused-ring (bicyclic) bond motifs is 1. The summed E-state index contributed by atoms with van der Waals surface area (Å²) in [6.07, 6.45) is 5.14. The van der Waals surface area contributed by atoms with Gasteiger partial charge < -0.3 is 19.9 Å². The van der Waals surface area contributed by atoms with Gasteiger partial charge in [0.25, 0.3) is 0 Å². The van der Waals surface area contributed by atoms with E-state index in [0.717, 1.165) is 6.42 Å². The fourth-order valence-electron chi connectivity index (χ4n) is 3.03. The molecule has 124 valence electrons. The molecular weight excluding hydrogens is 290 g/mol. The van der Waals surface area contributed by atoms with E-state index in [9.17, 15) is 4.79 Å². The van der Waals surface area contributed by atoms with Crippen molar-refractivity contribution in [2.45, 2.75) is 38.3 Å². The standard InChI is InChI=1S/C18H25N3O2/c1-12(20-15-5-6-15)13-4-7-17-16(10-13)14(11-21(17)2)8-9-19-18(22)23-3/h4,7,10-12,15,20H,5-6,8-9H2,1-3H3,(H,19,22). The zero-order valence-corrected chi connectivity index (χ0v) is 14.1. The van der Waals surface area contributed by atoms with Crippen molar-refractivity contribution in [2.75, 3.05) is 13.7 Å². The molecule has 1 aliphatic rings. The highest BCUT2D eigenvalue weighted by Crippen LogP contribution is 2.28. The third-order valence-electron chi connectivity index (χ3n) is 4.51. The van der Waals surface area contributed by atoms with Crippen LogP contribution in [0.15, 0.2) is 24.4 Å². The molecule has 1 aromatic heterocycles. The van der Waals surface area contributed by atoms with E-state index >= 15 is 0 Å². The van der Waals surface area contributed by atoms with Gasteiger partial charge in [0.15, 0.2) is 0 Å². The summed E-state index contributed by atoms with van der Waals surface area (Å²) < 4.78 is 6.76. The third-order valence-corrected chi connectivity index (χ3v) is 4.51. The number of carbonyl (C=O) groups excluding carboxylic acids is 1. The Balaban J connectivity index is 1.78. The van der Waals surface area contributed by atoms with E-state index in [1.54, 1.807) is 0 Å². The lowest BCUT2D eigenvalue weighted by Crippen LogP contribution is -2.25. The van der Waals surface area contributed by atoms with Crippen molar-refractivity contribution in [1.82, 2.24) is 15.2 Å². The molecule has 3 rings (SSSR count). The van der Waals surface area contributed by atoms with Gasteiger partial charge in [0.1, 0.15) is 0 Å². The predicted molar refractivity (Wildman–Crippen MR) is 91.6 cm³/mol. The number of ether oxygens (including phenoxy) is 1. The molecule has 1 atom stereocenters. The summed E-state index contributed by atoms with van der Waals surface area (Å²) >= 11 is 0. The second kappa shape index (κ2) is 6.62. The zero-order chi connectivity index (χ0) is 16.4. The van der Waals surface area contributed by atoms with Gasteiger partial charge in [-0.1, -0.05) is 6.07 Å². The lowest BCUT2D eigenvalue weighted by Gasteiger charge is -2.14. The van der Waals surface area contributed by atoms with Gasteiger partial charge in [-0.15, -0.1) is 0 Å². The van der Waals surface area contributed by atoms with Crippen molar-refractivity contribution in [3.8, 4) is 0 Å². The lowest BCUT2D eigenvalue weighted by atomic mass is 10.0. The number of nitrogens with zero attached hydrogens (tertiary/aromatic N) is 1. The average Bonchev–Trinajstić information content (AvgIpc) is 3.31. The van der Waals surface area contributed by atoms with E-state index in [-0.39, 0.29) is 6.09 Å². The molecule has 0 radical (unpaired) electrons. The normalized spacial score (nSPS) is 15.6. The summed E-state index contributed by atoms with van der Waals surface area (Å²) in [6.45, 7) is 2.80. The third kappa shape index (κ3) is 3.67. The first-order chi connectivity index (χ1) is 11.1. The Morgan fingerprint density at radius 1 is 1.43 bits per heavy atom. The maximum atomic E-state index is 11.2. The number of rotatable bonds is 6. The molecule has 2 aromatic rings. The fourth-order valence-corrected chi connectivity index (χ4v) is 3.03. The van der Waals surface area contributed by atoms with E-state index in [1.165, 1.54) is 42.0 Å². The highest BCUT2D eigenvalue weighted by molar-refractivity contribution is 5.85. The topological polar surface area (TPSA) is 55.3 Å². The minimum atomic E-state index is -0.381. The van der Waals surface area contributed by atoms with Crippen LogP contribution in [0.3, 0.4) is 0 Å². The van der Waals surface area contributed by atoms with Crippen molar-refractivity contribution in [2.24, 2.45) is 7.05 Å². The smallest absolute Gasteiger partial charge is 0.406 e. The Morgan fingerprint density at radius 2 is 2.22 bits per heavy atom. The largest absolute Gasteiger partial charge is 0.453 e. The summed E-state index contributed by atoms with van der Waals surface area (Å²) in [4.78, 5) is 11.2. The number of aryl methyl sites for hydroxylation is 1. The van der Waals surface area contributed by atoms with Gasteiger partial charge in [-0.3, -0.25) is 0 Å². The second-order valence-corrected chi connectivity index (χ2v) is 6.37. The van der Waals surface area contributed by atoms with Crippen molar-refractivity contribution in [3.63, 3.8) is 0 Å². The molecule has 0 saturated heterocycles. The molecule has 1 saturated carbocycles. The Kier molecular flexibility index (Phi) is 4.57. The van der Waals surface area contributed by atoms with Crippen molar-refractivity contribution in [3.05, 3.63) is 35.5 Å². The number of alkyl carbamates (subject to hydrolysis) is 1. The van der Waals surface area contributed by atoms with Gasteiger partial charge in [0, 0.05) is 42.8 Å². The van der Waals surface area contributed by atoms with Crippen LogP contribution < -0.4 is 10.6 Å². The number of aromatic nitrogens is 1. The highest BCUT2D eigenvalue weighted by atomic mass is 16.5. The van der Waals surface area contributed by atoms with E-state index in [2.05, 4.69) is 58.3 Å². The summed E-state index contributed by atoms with van der Waals surface area (Å²) in [7, 11) is 3.44. The van der Waals surface area contributed by atoms with Crippen LogP contribution in [0, 0.1) is 0 Å². The van der Waals surface area contributed by atoms with Gasteiger partial charge in [0.05, 0.1) is 7.11 Å². The van der Waals surface area contributed by atoms with Crippen LogP contribution in [0.2, 0.25) is 0 Å². The zero-order valence-electron chi connectivity index (χ0n) is 14.1. The summed E-state index contributed by atoms with van der Waals surface area (Å²) in [5.41, 5.74) is 3.79. The number of benzene rings is 1. The molecule has 5 heteroatoms. The van der Waals surface area contributed by atoms with Crippen LogP contribution in [0.4, 0.5) is 4.79 Å². The van der Waals surface area contributed by atoms with E-state index < -0.39 is 0 Å². The first-order valence-corrected chi connectivity index (χ1v) is 8.24. The van der Waals surface area contributed by atoms with Crippen LogP contribution in [-0.4, -0.2) is 30.4 Å². The summed E-state index contributed by atoms with van der Waals surface area (Å²) in [5.74, 6) is 0. The van der Waals surface area contributed by atoms with E-state index in [4.69, 9.17) is 0 Å². The number of carbonyl (C=O) groups is 1. The summed E-state index contributed by atoms with van der Waals surface area (Å²) in [6, 6.07) is 7.74. The molecule has 2 N–H and O–H groups in total. The molecular formula is C18H25N3O2. The molecule has 23 heavy (non-hydrogen) atoms. The van der Waals surface area contributed by atoms with Crippen LogP contribution in [0.5, 0.6) is 0 Å². The number of hydrogen-bond donors (Lipinski definition) is 2. The number of amides is 1. The Morgan fingerprint density at radius 3 is 2.91 bits per heavy atom. The molecule has 0 bridgehead atoms. The Hall–Kier alpha value is -2.01. The molecule has 0 spiro atoms. The molecule has 1 unspecified atom stereocenters. The van der Waals surface area contributed by atoms with Crippen molar-refractivity contribution in [1.29, 1.82) is 0 Å². The molecule has 0 aliphatic heterocycles. The van der Waals surface area contributed by atoms with Gasteiger partial charge in [-0.25, -0.2) is 4.79 Å². The van der Waals surface area contributed by atoms with Gasteiger partial charge >= 0.3 is 6.09 Å². The average molecular weight is 315 g/mol. The Labute approximate surface area is 137 Å². The maximum Gasteiger partial charge on any atom is 0.406 e. The van der Waals surface area contributed by atoms with Crippen LogP contribution in [0.25, 0.3) is 10.9 Å². The van der Waals surface area contributed by atoms with Gasteiger partial charge in [-0.2, -0.15) is 0 Å². The van der Waals surface area contributed by atoms with Crippen molar-refractivity contribution < 1.29 is 9.53 Å². The quantitative estimate of drug-likeness (QED) is 0.862. The minimum Gasteiger partial charge on any atom is -0.453 e. The second-order valence-electron chi connectivity index (χ2n) is 6.37. The Bertz CT molecular complexity index is 704. The van der Waals surface area contributed by atoms with Gasteiger partial charge in [0.2, 0.25) is 0 Å². The fraction of sp³-hybridized carbons (Fsp3) is 0.500. The molecule has 1 aliphatic carbocycles. The van der Waals surface area contributed by atoms with Crippen LogP contribution in [-0.2, 0) is 18.2 Å². The summed E-state index contributed by atoms with van der Waals surface area (Å²) in [5, 5.41) is 7.66. The van der Waals surface area contributed by atoms with Crippen LogP contribution in [0.1, 0.15) is 36.9 Å². The SMILES string of the molecule is COC(=O)NCCc1cn(C)c2ccc(C(C)NC3CC3)cc12. The first kappa shape index (κ1) is 15.9. The number of nitrogens with one attached hydrogen (secondary N) is 2. The molecule has 5 nitrogen and oxygen atoms in total. The highest BCUT2D eigenvalue weighted by Gasteiger charge is 2.23. The molecule has 1 amide bonds. The maximum absolute atomic E-state index is 11.2. The number of methoxy groups -OCH3 is 1. The van der Waals surface area contributed by atoms with E-state index in [0.29, 0.717) is 18.6 Å². The predicted octanol–water partition coefficient (Wildman–Crippen LogP) is 2.89.